The third kappa shape index (κ3) is 6.59. The summed E-state index contributed by atoms with van der Waals surface area (Å²) in [5.74, 6) is -2.18. The number of hydrogen-bond donors (Lipinski definition) is 2. The van der Waals surface area contributed by atoms with Crippen molar-refractivity contribution in [2.45, 2.75) is 32.5 Å². The van der Waals surface area contributed by atoms with E-state index in [9.17, 15) is 19.5 Å². The summed E-state index contributed by atoms with van der Waals surface area (Å²) in [6.45, 7) is 5.12. The molecule has 1 amide bonds. The number of carbonyl (C=O) groups is 3. The molecule has 0 bridgehead atoms. The number of oxime groups is 1. The van der Waals surface area contributed by atoms with Gasteiger partial charge in [-0.15, -0.1) is 11.3 Å². The molecule has 30 heavy (non-hydrogen) atoms. The summed E-state index contributed by atoms with van der Waals surface area (Å²) in [5, 5.41) is 17.0. The fraction of sp³-hybridized carbons (Fsp3) is 0.278. The standard InChI is InChI=1S/C18H20BN3O7S/c1-18(2,3)27-17(26)21-16-20-11(9-30-16)12(14(23)24)22-29-13(15(25)28-19)10-7-5-4-6-8-10/h4-9,13H,19H2,1-3H3,(H,23,24)(H,20,21,26)/b22-12-/t13-/m0/s1. The summed E-state index contributed by atoms with van der Waals surface area (Å²) < 4.78 is 9.82. The molecule has 0 saturated heterocycles. The van der Waals surface area contributed by atoms with Crippen molar-refractivity contribution in [3.63, 3.8) is 0 Å². The van der Waals surface area contributed by atoms with E-state index in [0.717, 1.165) is 11.3 Å². The first-order chi connectivity index (χ1) is 14.1. The van der Waals surface area contributed by atoms with E-state index in [1.54, 1.807) is 51.1 Å². The van der Waals surface area contributed by atoms with Gasteiger partial charge in [0.25, 0.3) is 0 Å². The van der Waals surface area contributed by atoms with Crippen LogP contribution in [0.25, 0.3) is 0 Å². The molecule has 0 radical (unpaired) electrons. The first-order valence-electron chi connectivity index (χ1n) is 8.66. The fourth-order valence-electron chi connectivity index (χ4n) is 2.11. The van der Waals surface area contributed by atoms with Gasteiger partial charge in [0, 0.05) is 10.9 Å². The van der Waals surface area contributed by atoms with Crippen LogP contribution in [0.15, 0.2) is 40.9 Å². The molecule has 1 atom stereocenters. The molecule has 2 rings (SSSR count). The second-order valence-corrected chi connectivity index (χ2v) is 7.69. The molecule has 2 N–H and O–H groups in total. The minimum absolute atomic E-state index is 0.0600. The number of rotatable bonds is 7. The zero-order chi connectivity index (χ0) is 22.3. The van der Waals surface area contributed by atoms with Crippen LogP contribution < -0.4 is 5.32 Å². The molecule has 1 aromatic carbocycles. The lowest BCUT2D eigenvalue weighted by molar-refractivity contribution is -0.148. The van der Waals surface area contributed by atoms with Crippen LogP contribution in [0.4, 0.5) is 9.93 Å². The number of carboxylic acids is 1. The van der Waals surface area contributed by atoms with Gasteiger partial charge in [-0.25, -0.2) is 19.4 Å². The average molecular weight is 433 g/mol. The van der Waals surface area contributed by atoms with E-state index in [0.29, 0.717) is 5.56 Å². The first kappa shape index (κ1) is 22.9. The zero-order valence-corrected chi connectivity index (χ0v) is 17.6. The number of thiazole rings is 1. The van der Waals surface area contributed by atoms with Crippen LogP contribution in [0, 0.1) is 0 Å². The Morgan fingerprint density at radius 3 is 2.47 bits per heavy atom. The number of hydrogen-bond acceptors (Lipinski definition) is 9. The lowest BCUT2D eigenvalue weighted by atomic mass is 10.1. The highest BCUT2D eigenvalue weighted by Crippen LogP contribution is 2.21. The number of aliphatic carboxylic acids is 1. The first-order valence-corrected chi connectivity index (χ1v) is 9.54. The lowest BCUT2D eigenvalue weighted by Gasteiger charge is -2.18. The molecule has 1 aromatic heterocycles. The smallest absolute Gasteiger partial charge is 0.413 e. The number of amides is 1. The largest absolute Gasteiger partial charge is 0.540 e. The third-order valence-corrected chi connectivity index (χ3v) is 4.08. The summed E-state index contributed by atoms with van der Waals surface area (Å²) in [6.07, 6.45) is -1.99. The Balaban J connectivity index is 2.22. The van der Waals surface area contributed by atoms with Crippen LogP contribution >= 0.6 is 11.3 Å². The molecule has 12 heteroatoms. The highest BCUT2D eigenvalue weighted by Gasteiger charge is 2.25. The summed E-state index contributed by atoms with van der Waals surface area (Å²) in [7, 11) is 1.18. The van der Waals surface area contributed by atoms with E-state index in [2.05, 4.69) is 15.5 Å². The zero-order valence-electron chi connectivity index (χ0n) is 16.7. The summed E-state index contributed by atoms with van der Waals surface area (Å²) in [4.78, 5) is 44.7. The van der Waals surface area contributed by atoms with E-state index in [-0.39, 0.29) is 10.8 Å². The van der Waals surface area contributed by atoms with Gasteiger partial charge in [0.2, 0.25) is 11.8 Å². The van der Waals surface area contributed by atoms with Gasteiger partial charge in [0.1, 0.15) is 11.3 Å². The maximum Gasteiger partial charge on any atom is 0.413 e. The van der Waals surface area contributed by atoms with Crippen LogP contribution in [0.5, 0.6) is 0 Å². The number of ether oxygens (including phenoxy) is 1. The molecule has 0 saturated carbocycles. The second kappa shape index (κ2) is 9.88. The molecule has 0 spiro atoms. The van der Waals surface area contributed by atoms with Crippen molar-refractivity contribution in [1.82, 2.24) is 4.98 Å². The number of nitrogens with one attached hydrogen (secondary N) is 1. The van der Waals surface area contributed by atoms with Crippen LogP contribution in [-0.2, 0) is 23.8 Å². The Labute approximate surface area is 177 Å². The van der Waals surface area contributed by atoms with Gasteiger partial charge in [-0.1, -0.05) is 35.5 Å². The third-order valence-electron chi connectivity index (χ3n) is 3.32. The maximum absolute atomic E-state index is 12.0. The number of carbonyl (C=O) groups excluding carboxylic acids is 2. The molecule has 0 unspecified atom stereocenters. The van der Waals surface area contributed by atoms with Gasteiger partial charge in [-0.2, -0.15) is 0 Å². The normalized spacial score (nSPS) is 12.6. The Bertz CT molecular complexity index is 941. The molecule has 0 aliphatic rings. The minimum Gasteiger partial charge on any atom is -0.540 e. The average Bonchev–Trinajstić information content (AvgIpc) is 3.11. The van der Waals surface area contributed by atoms with Crippen LogP contribution in [0.1, 0.15) is 38.1 Å². The van der Waals surface area contributed by atoms with E-state index in [4.69, 9.17) is 14.2 Å². The summed E-state index contributed by atoms with van der Waals surface area (Å²) >= 11 is 0.977. The van der Waals surface area contributed by atoms with Crippen molar-refractivity contribution in [1.29, 1.82) is 0 Å². The predicted molar refractivity (Wildman–Crippen MR) is 111 cm³/mol. The lowest BCUT2D eigenvalue weighted by Crippen LogP contribution is -2.27. The molecule has 0 fully saturated rings. The summed E-state index contributed by atoms with van der Waals surface area (Å²) in [6, 6.07) is 8.35. The SMILES string of the molecule is BOC(=O)[C@@H](O/N=C(\C(=O)O)c1csc(NC(=O)OC(C)(C)C)n1)c1ccccc1. The van der Waals surface area contributed by atoms with Crippen molar-refractivity contribution in [2.75, 3.05) is 5.32 Å². The minimum atomic E-state index is -1.43. The van der Waals surface area contributed by atoms with Gasteiger partial charge in [0.05, 0.1) is 0 Å². The number of nitrogens with zero attached hydrogens (tertiary/aromatic N) is 2. The molecule has 158 valence electrons. The highest BCUT2D eigenvalue weighted by atomic mass is 32.1. The van der Waals surface area contributed by atoms with Crippen LogP contribution in [0.2, 0.25) is 0 Å². The molecule has 10 nitrogen and oxygen atoms in total. The van der Waals surface area contributed by atoms with E-state index in [1.807, 2.05) is 0 Å². The highest BCUT2D eigenvalue weighted by molar-refractivity contribution is 7.14. The predicted octanol–water partition coefficient (Wildman–Crippen LogP) is 2.13. The number of anilines is 1. The van der Waals surface area contributed by atoms with Gasteiger partial charge in [-0.05, 0) is 20.8 Å². The molecular weight excluding hydrogens is 413 g/mol. The number of carboxylic acid groups (broad SMARTS) is 1. The van der Waals surface area contributed by atoms with Crippen molar-refractivity contribution < 1.29 is 33.7 Å². The van der Waals surface area contributed by atoms with Crippen molar-refractivity contribution in [3.8, 4) is 0 Å². The monoisotopic (exact) mass is 433 g/mol. The van der Waals surface area contributed by atoms with Gasteiger partial charge >= 0.3 is 26.1 Å². The van der Waals surface area contributed by atoms with E-state index < -0.39 is 35.4 Å². The van der Waals surface area contributed by atoms with Crippen LogP contribution in [-0.4, -0.2) is 47.5 Å². The quantitative estimate of drug-likeness (QED) is 0.385. The Morgan fingerprint density at radius 2 is 1.90 bits per heavy atom. The van der Waals surface area contributed by atoms with E-state index in [1.165, 1.54) is 13.4 Å². The molecule has 2 aromatic rings. The Hall–Kier alpha value is -3.41. The van der Waals surface area contributed by atoms with Crippen molar-refractivity contribution in [3.05, 3.63) is 47.0 Å². The molecule has 0 aliphatic carbocycles. The van der Waals surface area contributed by atoms with Crippen LogP contribution in [0.3, 0.4) is 0 Å². The topological polar surface area (TPSA) is 136 Å². The Morgan fingerprint density at radius 1 is 1.23 bits per heavy atom. The number of aromatic nitrogens is 1. The summed E-state index contributed by atoms with van der Waals surface area (Å²) in [5.41, 5.74) is -0.876. The second-order valence-electron chi connectivity index (χ2n) is 6.83. The van der Waals surface area contributed by atoms with Crippen molar-refractivity contribution in [2.24, 2.45) is 5.16 Å². The fourth-order valence-corrected chi connectivity index (χ4v) is 2.79. The Kier molecular flexibility index (Phi) is 7.53. The molecule has 0 aliphatic heterocycles. The van der Waals surface area contributed by atoms with Gasteiger partial charge < -0.3 is 19.3 Å². The van der Waals surface area contributed by atoms with E-state index >= 15 is 0 Å². The molecular formula is C18H20BN3O7S. The molecule has 1 heterocycles. The number of benzene rings is 1. The van der Waals surface area contributed by atoms with Gasteiger partial charge in [-0.3, -0.25) is 5.32 Å². The van der Waals surface area contributed by atoms with Gasteiger partial charge in [0.15, 0.2) is 5.13 Å². The maximum atomic E-state index is 12.0. The van der Waals surface area contributed by atoms with Crippen molar-refractivity contribution >= 4 is 48.3 Å².